The Morgan fingerprint density at radius 3 is 1.68 bits per heavy atom. The van der Waals surface area contributed by atoms with Crippen LogP contribution >= 0.6 is 22.7 Å². The van der Waals surface area contributed by atoms with Gasteiger partial charge in [-0.05, 0) is 104 Å². The van der Waals surface area contributed by atoms with Crippen molar-refractivity contribution < 1.29 is 48.0 Å². The van der Waals surface area contributed by atoms with E-state index in [9.17, 15) is 19.2 Å². The minimum atomic E-state index is -1.33. The summed E-state index contributed by atoms with van der Waals surface area (Å²) in [5.41, 5.74) is -8.19. The van der Waals surface area contributed by atoms with Crippen molar-refractivity contribution in [2.45, 2.75) is 0 Å². The van der Waals surface area contributed by atoms with Gasteiger partial charge in [0.05, 0.1) is 53.7 Å². The normalized spacial score (nSPS) is 20.0. The van der Waals surface area contributed by atoms with Gasteiger partial charge in [0.1, 0.15) is 0 Å². The van der Waals surface area contributed by atoms with Gasteiger partial charge in [-0.25, -0.2) is 0 Å². The minimum Gasteiger partial charge on any atom is -0.310 e. The standard InChI is InChI=1S/C56H35NS2/c1-2-16-38(17-3-1)57(39-31-29-36(30-32-39)49-35-37-15-4-5-18-40(37)41-19-6-9-22-44(41)49)50-34-33-46(56-55(50)48-24-11-13-27-52(48)59-56)43-21-8-7-20-42(43)45-25-14-28-53-54(45)47-23-10-12-26-51(47)58-53/h1-35H/i1D,2D,3D,4D,5D,6D,7D,8D,9D,10D,11D,12D,13D,14D,15D,16D,17D,18D,19D,20D,21D,22D,23D,24D,25D,26D,27D,28D,29D,30D,31D,32D,33D,34D,35D. The fourth-order valence-corrected chi connectivity index (χ4v) is 9.02. The monoisotopic (exact) mass is 820 g/mol. The molecule has 0 saturated heterocycles. The number of hydrogen-bond donors (Lipinski definition) is 0. The smallest absolute Gasteiger partial charge is 0.0645 e. The minimum absolute atomic E-state index is 0.207. The highest BCUT2D eigenvalue weighted by molar-refractivity contribution is 7.26. The Balaban J connectivity index is 1.32. The van der Waals surface area contributed by atoms with Gasteiger partial charge in [0.2, 0.25) is 0 Å². The van der Waals surface area contributed by atoms with E-state index in [0.717, 1.165) is 0 Å². The van der Waals surface area contributed by atoms with Crippen molar-refractivity contribution in [2.24, 2.45) is 0 Å². The average Bonchev–Trinajstić information content (AvgIpc) is 1.21. The molecule has 12 aromatic rings. The first-order valence-corrected chi connectivity index (χ1v) is 18.9. The van der Waals surface area contributed by atoms with E-state index >= 15 is 0 Å². The highest BCUT2D eigenvalue weighted by atomic mass is 32.1. The third-order valence-corrected chi connectivity index (χ3v) is 11.5. The lowest BCUT2D eigenvalue weighted by Crippen LogP contribution is -2.10. The van der Waals surface area contributed by atoms with Crippen LogP contribution in [-0.4, -0.2) is 0 Å². The van der Waals surface area contributed by atoms with Gasteiger partial charge in [0, 0.05) is 57.3 Å². The van der Waals surface area contributed by atoms with Crippen LogP contribution in [0.4, 0.5) is 17.1 Å². The lowest BCUT2D eigenvalue weighted by atomic mass is 9.91. The molecular formula is C56H35NS2. The molecule has 0 fully saturated rings. The maximum absolute atomic E-state index is 10.3. The second-order valence-electron chi connectivity index (χ2n) is 12.5. The second kappa shape index (κ2) is 13.8. The summed E-state index contributed by atoms with van der Waals surface area (Å²) in [5, 5.41) is -4.74. The molecule has 0 bridgehead atoms. The molecule has 2 heterocycles. The van der Waals surface area contributed by atoms with Gasteiger partial charge in [-0.2, -0.15) is 0 Å². The molecule has 0 aliphatic carbocycles. The maximum atomic E-state index is 10.3. The van der Waals surface area contributed by atoms with Crippen LogP contribution in [0.3, 0.4) is 0 Å². The zero-order chi connectivity index (χ0) is 69.3. The van der Waals surface area contributed by atoms with Gasteiger partial charge in [-0.1, -0.05) is 157 Å². The van der Waals surface area contributed by atoms with E-state index in [4.69, 9.17) is 28.8 Å². The molecule has 0 unspecified atom stereocenters. The molecule has 0 amide bonds. The number of hydrogen-bond acceptors (Lipinski definition) is 3. The molecule has 276 valence electrons. The Hall–Kier alpha value is -7.04. The summed E-state index contributed by atoms with van der Waals surface area (Å²) in [6.45, 7) is 0. The molecule has 0 saturated carbocycles. The van der Waals surface area contributed by atoms with Crippen LogP contribution in [0, 0.1) is 0 Å². The number of anilines is 3. The van der Waals surface area contributed by atoms with Gasteiger partial charge in [-0.3, -0.25) is 0 Å². The van der Waals surface area contributed by atoms with Crippen LogP contribution in [0.1, 0.15) is 48.0 Å². The number of nitrogens with zero attached hydrogens (tertiary/aromatic N) is 1. The van der Waals surface area contributed by atoms with Crippen LogP contribution in [0.2, 0.25) is 0 Å². The van der Waals surface area contributed by atoms with Crippen LogP contribution in [0.25, 0.3) is 95.3 Å². The Kier molecular flexibility index (Phi) is 3.29. The Bertz CT molecular complexity index is 5580. The van der Waals surface area contributed by atoms with E-state index in [1.807, 2.05) is 0 Å². The molecule has 0 N–H and O–H groups in total. The summed E-state index contributed by atoms with van der Waals surface area (Å²) in [5.74, 6) is 0. The van der Waals surface area contributed by atoms with Crippen molar-refractivity contribution in [3.63, 3.8) is 0 Å². The summed E-state index contributed by atoms with van der Waals surface area (Å²) in [6, 6.07) is -35.1. The summed E-state index contributed by atoms with van der Waals surface area (Å²) >= 11 is 0.982. The molecule has 1 nitrogen and oxygen atoms in total. The molecule has 0 spiro atoms. The SMILES string of the molecule is [2H]c1c([2H])c([2H])c(N(c2c([2H])c([2H])c(-c3c([2H])c4c([2H])c([2H])c([2H])c([2H])c4c4c([2H])c([2H])c([2H])c([2H])c34)c([2H])c2[2H])c2c([2H])c([2H])c(-c3c([2H])c([2H])c([2H])c([2H])c3-c3c([2H])c([2H])c([2H])c4sc5c([2H])c([2H])c([2H])c([2H])c5c34)c3sc4c([2H])c([2H])c([2H])c([2H])c4c23)c([2H])c1[2H]. The largest absolute Gasteiger partial charge is 0.310 e. The molecule has 0 atom stereocenters. The van der Waals surface area contributed by atoms with Crippen molar-refractivity contribution in [1.82, 2.24) is 0 Å². The number of benzene rings is 10. The zero-order valence-corrected chi connectivity index (χ0v) is 30.9. The van der Waals surface area contributed by atoms with Crippen molar-refractivity contribution in [3.8, 4) is 33.4 Å². The van der Waals surface area contributed by atoms with Gasteiger partial charge in [0.25, 0.3) is 0 Å². The fraction of sp³-hybridized carbons (Fsp3) is 0. The lowest BCUT2D eigenvalue weighted by molar-refractivity contribution is 1.30. The molecule has 0 radical (unpaired) electrons. The number of fused-ring (bicyclic) bond motifs is 9. The third-order valence-electron chi connectivity index (χ3n) is 9.38. The van der Waals surface area contributed by atoms with E-state index in [-0.39, 0.29) is 20.2 Å². The topological polar surface area (TPSA) is 3.24 Å². The molecule has 10 aromatic carbocycles. The van der Waals surface area contributed by atoms with Gasteiger partial charge in [0.15, 0.2) is 0 Å². The average molecular weight is 821 g/mol. The van der Waals surface area contributed by atoms with Gasteiger partial charge in [-0.15, -0.1) is 22.7 Å². The van der Waals surface area contributed by atoms with Gasteiger partial charge < -0.3 is 4.90 Å². The Labute approximate surface area is 399 Å². The van der Waals surface area contributed by atoms with E-state index in [2.05, 4.69) is 0 Å². The van der Waals surface area contributed by atoms with Crippen LogP contribution in [0.15, 0.2) is 211 Å². The van der Waals surface area contributed by atoms with Gasteiger partial charge >= 0.3 is 0 Å². The Morgan fingerprint density at radius 2 is 0.898 bits per heavy atom. The predicted molar refractivity (Wildman–Crippen MR) is 258 cm³/mol. The maximum Gasteiger partial charge on any atom is 0.0645 e. The zero-order valence-electron chi connectivity index (χ0n) is 64.3. The van der Waals surface area contributed by atoms with E-state index < -0.39 is 304 Å². The second-order valence-corrected chi connectivity index (χ2v) is 14.6. The fourth-order valence-electron chi connectivity index (χ4n) is 6.93. The first-order chi connectivity index (χ1) is 43.8. The van der Waals surface area contributed by atoms with E-state index in [1.165, 1.54) is 0 Å². The van der Waals surface area contributed by atoms with E-state index in [1.54, 1.807) is 0 Å². The third kappa shape index (κ3) is 5.51. The molecule has 3 heteroatoms. The quantitative estimate of drug-likeness (QED) is 0.151. The molecule has 2 aromatic heterocycles. The van der Waals surface area contributed by atoms with E-state index in [0.29, 0.717) is 27.6 Å². The molecule has 0 aliphatic heterocycles. The van der Waals surface area contributed by atoms with Crippen molar-refractivity contribution in [2.75, 3.05) is 4.90 Å². The molecular weight excluding hydrogens is 751 g/mol. The Morgan fingerprint density at radius 1 is 0.339 bits per heavy atom. The predicted octanol–water partition coefficient (Wildman–Crippen LogP) is 17.2. The molecule has 0 aliphatic rings. The van der Waals surface area contributed by atoms with Crippen LogP contribution in [0.5, 0.6) is 0 Å². The number of para-hydroxylation sites is 1. The highest BCUT2D eigenvalue weighted by Crippen LogP contribution is 2.51. The van der Waals surface area contributed by atoms with Crippen molar-refractivity contribution >= 4 is 102 Å². The van der Waals surface area contributed by atoms with Crippen LogP contribution in [-0.2, 0) is 0 Å². The summed E-state index contributed by atoms with van der Waals surface area (Å²) in [7, 11) is 0. The molecule has 12 rings (SSSR count). The highest BCUT2D eigenvalue weighted by Gasteiger charge is 2.23. The number of rotatable bonds is 6. The van der Waals surface area contributed by atoms with Crippen molar-refractivity contribution in [1.29, 1.82) is 0 Å². The summed E-state index contributed by atoms with van der Waals surface area (Å²) < 4.78 is 321. The van der Waals surface area contributed by atoms with Crippen molar-refractivity contribution in [3.05, 3.63) is 211 Å². The lowest BCUT2D eigenvalue weighted by Gasteiger charge is -2.27. The summed E-state index contributed by atoms with van der Waals surface area (Å²) in [6.07, 6.45) is 0. The first kappa shape index (κ1) is 14.1. The number of thiophene rings is 2. The summed E-state index contributed by atoms with van der Waals surface area (Å²) in [4.78, 5) is 0.421. The first-order valence-electron chi connectivity index (χ1n) is 34.7. The van der Waals surface area contributed by atoms with Crippen LogP contribution < -0.4 is 4.90 Å². The molecule has 59 heavy (non-hydrogen) atoms.